The third-order valence-electron chi connectivity index (χ3n) is 1.31. The quantitative estimate of drug-likeness (QED) is 0.842. The van der Waals surface area contributed by atoms with Crippen LogP contribution in [0.25, 0.3) is 0 Å². The number of furan rings is 1. The minimum atomic E-state index is -0.175. The van der Waals surface area contributed by atoms with Gasteiger partial charge in [-0.2, -0.15) is 0 Å². The first-order valence-corrected chi connectivity index (χ1v) is 4.03. The topological polar surface area (TPSA) is 48.4 Å². The van der Waals surface area contributed by atoms with Crippen molar-refractivity contribution in [3.05, 3.63) is 22.6 Å². The first-order chi connectivity index (χ1) is 5.24. The summed E-state index contributed by atoms with van der Waals surface area (Å²) in [6.45, 7) is 0.472. The van der Waals surface area contributed by atoms with Gasteiger partial charge in [0.25, 0.3) is 0 Å². The molecule has 0 aromatic carbocycles. The molecule has 2 N–H and O–H groups in total. The molecule has 0 spiro atoms. The van der Waals surface area contributed by atoms with Gasteiger partial charge >= 0.3 is 0 Å². The molecule has 0 aliphatic carbocycles. The molecule has 3 nitrogen and oxygen atoms in total. The van der Waals surface area contributed by atoms with Gasteiger partial charge in [-0.1, -0.05) is 0 Å². The van der Waals surface area contributed by atoms with Crippen molar-refractivity contribution in [1.82, 2.24) is 0 Å². The number of methoxy groups -OCH3 is 1. The van der Waals surface area contributed by atoms with E-state index in [1.165, 1.54) is 0 Å². The lowest BCUT2D eigenvalue weighted by Gasteiger charge is -2.05. The van der Waals surface area contributed by atoms with Gasteiger partial charge < -0.3 is 14.9 Å². The van der Waals surface area contributed by atoms with Crippen LogP contribution in [-0.2, 0) is 4.74 Å². The predicted octanol–water partition coefficient (Wildman–Crippen LogP) is 1.69. The Bertz CT molecular complexity index is 224. The average Bonchev–Trinajstić information content (AvgIpc) is 2.36. The molecule has 1 rings (SSSR count). The maximum atomic E-state index is 5.68. The maximum Gasteiger partial charge on any atom is 0.169 e. The Labute approximate surface area is 73.6 Å². The lowest BCUT2D eigenvalue weighted by molar-refractivity contribution is 0.172. The van der Waals surface area contributed by atoms with Crippen molar-refractivity contribution in [2.24, 2.45) is 5.73 Å². The van der Waals surface area contributed by atoms with Crippen LogP contribution >= 0.6 is 15.9 Å². The number of halogens is 1. The SMILES string of the molecule is COCC(N)c1ccc(Br)o1. The Morgan fingerprint density at radius 3 is 2.91 bits per heavy atom. The van der Waals surface area contributed by atoms with Crippen LogP contribution < -0.4 is 5.73 Å². The van der Waals surface area contributed by atoms with Crippen LogP contribution in [0.5, 0.6) is 0 Å². The molecule has 1 atom stereocenters. The van der Waals surface area contributed by atoms with E-state index in [1.807, 2.05) is 12.1 Å². The Kier molecular flexibility index (Phi) is 3.11. The zero-order valence-corrected chi connectivity index (χ0v) is 7.80. The number of ether oxygens (including phenoxy) is 1. The van der Waals surface area contributed by atoms with E-state index in [0.717, 1.165) is 5.76 Å². The van der Waals surface area contributed by atoms with Gasteiger partial charge in [0, 0.05) is 7.11 Å². The summed E-state index contributed by atoms with van der Waals surface area (Å²) < 4.78 is 10.8. The fraction of sp³-hybridized carbons (Fsp3) is 0.429. The van der Waals surface area contributed by atoms with E-state index in [9.17, 15) is 0 Å². The zero-order chi connectivity index (χ0) is 8.27. The summed E-state index contributed by atoms with van der Waals surface area (Å²) in [6.07, 6.45) is 0. The fourth-order valence-electron chi connectivity index (χ4n) is 0.789. The van der Waals surface area contributed by atoms with E-state index in [0.29, 0.717) is 11.3 Å². The second-order valence-corrected chi connectivity index (χ2v) is 2.99. The van der Waals surface area contributed by atoms with Crippen LogP contribution in [0.2, 0.25) is 0 Å². The minimum absolute atomic E-state index is 0.175. The van der Waals surface area contributed by atoms with Gasteiger partial charge in [-0.25, -0.2) is 0 Å². The summed E-state index contributed by atoms with van der Waals surface area (Å²) in [5.74, 6) is 0.735. The number of hydrogen-bond acceptors (Lipinski definition) is 3. The fourth-order valence-corrected chi connectivity index (χ4v) is 1.11. The van der Waals surface area contributed by atoms with Crippen molar-refractivity contribution >= 4 is 15.9 Å². The Hall–Kier alpha value is -0.320. The molecule has 62 valence electrons. The van der Waals surface area contributed by atoms with Crippen molar-refractivity contribution in [2.75, 3.05) is 13.7 Å². The van der Waals surface area contributed by atoms with E-state index >= 15 is 0 Å². The predicted molar refractivity (Wildman–Crippen MR) is 45.2 cm³/mol. The normalized spacial score (nSPS) is 13.4. The molecular formula is C7H10BrNO2. The van der Waals surface area contributed by atoms with Crippen LogP contribution in [0.1, 0.15) is 11.8 Å². The molecule has 0 aliphatic heterocycles. The molecule has 0 amide bonds. The van der Waals surface area contributed by atoms with Crippen LogP contribution in [-0.4, -0.2) is 13.7 Å². The molecule has 0 radical (unpaired) electrons. The molecule has 0 saturated heterocycles. The molecule has 4 heteroatoms. The van der Waals surface area contributed by atoms with Crippen LogP contribution in [0, 0.1) is 0 Å². The first kappa shape index (κ1) is 8.77. The minimum Gasteiger partial charge on any atom is -0.453 e. The van der Waals surface area contributed by atoms with Gasteiger partial charge in [0.05, 0.1) is 12.6 Å². The summed E-state index contributed by atoms with van der Waals surface area (Å²) in [4.78, 5) is 0. The summed E-state index contributed by atoms with van der Waals surface area (Å²) in [5.41, 5.74) is 5.68. The Morgan fingerprint density at radius 1 is 1.73 bits per heavy atom. The van der Waals surface area contributed by atoms with E-state index in [2.05, 4.69) is 15.9 Å². The van der Waals surface area contributed by atoms with Gasteiger partial charge in [-0.05, 0) is 28.1 Å². The molecule has 0 bridgehead atoms. The van der Waals surface area contributed by atoms with Gasteiger partial charge in [-0.15, -0.1) is 0 Å². The van der Waals surface area contributed by atoms with Crippen LogP contribution in [0.4, 0.5) is 0 Å². The summed E-state index contributed by atoms with van der Waals surface area (Å²) >= 11 is 3.19. The van der Waals surface area contributed by atoms with Crippen molar-refractivity contribution in [2.45, 2.75) is 6.04 Å². The van der Waals surface area contributed by atoms with Gasteiger partial charge in [0.2, 0.25) is 0 Å². The lowest BCUT2D eigenvalue weighted by Crippen LogP contribution is -2.14. The molecule has 1 heterocycles. The molecule has 0 saturated carbocycles. The summed E-state index contributed by atoms with van der Waals surface area (Å²) in [6, 6.07) is 3.46. The van der Waals surface area contributed by atoms with Crippen molar-refractivity contribution in [3.8, 4) is 0 Å². The lowest BCUT2D eigenvalue weighted by atomic mass is 10.2. The number of nitrogens with two attached hydrogens (primary N) is 1. The Balaban J connectivity index is 2.60. The standard InChI is InChI=1S/C7H10BrNO2/c1-10-4-5(9)6-2-3-7(8)11-6/h2-3,5H,4,9H2,1H3. The smallest absolute Gasteiger partial charge is 0.169 e. The van der Waals surface area contributed by atoms with E-state index in [-0.39, 0.29) is 6.04 Å². The van der Waals surface area contributed by atoms with Gasteiger partial charge in [-0.3, -0.25) is 0 Å². The number of hydrogen-bond donors (Lipinski definition) is 1. The summed E-state index contributed by atoms with van der Waals surface area (Å²) in [7, 11) is 1.61. The highest BCUT2D eigenvalue weighted by atomic mass is 79.9. The van der Waals surface area contributed by atoms with E-state index < -0.39 is 0 Å². The summed E-state index contributed by atoms with van der Waals surface area (Å²) in [5, 5.41) is 0. The molecule has 0 aliphatic rings. The molecule has 0 fully saturated rings. The third-order valence-corrected chi connectivity index (χ3v) is 1.73. The number of rotatable bonds is 3. The third kappa shape index (κ3) is 2.32. The Morgan fingerprint density at radius 2 is 2.45 bits per heavy atom. The van der Waals surface area contributed by atoms with Crippen molar-refractivity contribution < 1.29 is 9.15 Å². The van der Waals surface area contributed by atoms with E-state index in [4.69, 9.17) is 14.9 Å². The molecule has 1 aromatic rings. The monoisotopic (exact) mass is 219 g/mol. The van der Waals surface area contributed by atoms with Gasteiger partial charge in [0.15, 0.2) is 4.67 Å². The average molecular weight is 220 g/mol. The molecule has 11 heavy (non-hydrogen) atoms. The van der Waals surface area contributed by atoms with Crippen molar-refractivity contribution in [3.63, 3.8) is 0 Å². The molecule has 1 unspecified atom stereocenters. The largest absolute Gasteiger partial charge is 0.453 e. The highest BCUT2D eigenvalue weighted by Gasteiger charge is 2.08. The van der Waals surface area contributed by atoms with Crippen LogP contribution in [0.15, 0.2) is 21.2 Å². The second kappa shape index (κ2) is 3.90. The second-order valence-electron chi connectivity index (χ2n) is 2.20. The molecular weight excluding hydrogens is 210 g/mol. The zero-order valence-electron chi connectivity index (χ0n) is 6.21. The van der Waals surface area contributed by atoms with Gasteiger partial charge in [0.1, 0.15) is 5.76 Å². The van der Waals surface area contributed by atoms with Crippen molar-refractivity contribution in [1.29, 1.82) is 0 Å². The maximum absolute atomic E-state index is 5.68. The first-order valence-electron chi connectivity index (χ1n) is 3.24. The highest BCUT2D eigenvalue weighted by molar-refractivity contribution is 9.10. The van der Waals surface area contributed by atoms with E-state index in [1.54, 1.807) is 7.11 Å². The van der Waals surface area contributed by atoms with Crippen LogP contribution in [0.3, 0.4) is 0 Å². The molecule has 1 aromatic heterocycles. The highest BCUT2D eigenvalue weighted by Crippen LogP contribution is 2.18.